The average molecular weight is 301 g/mol. The number of carboxylic acid groups (broad SMARTS) is 1. The predicted molar refractivity (Wildman–Crippen MR) is 74.1 cm³/mol. The van der Waals surface area contributed by atoms with Gasteiger partial charge < -0.3 is 14.8 Å². The largest absolute Gasteiger partial charge is 0.475 e. The molecule has 0 aliphatic carbocycles. The maximum atomic E-state index is 12.1. The van der Waals surface area contributed by atoms with E-state index in [2.05, 4.69) is 12.2 Å². The molecule has 0 saturated carbocycles. The van der Waals surface area contributed by atoms with E-state index < -0.39 is 22.0 Å². The van der Waals surface area contributed by atoms with Crippen molar-refractivity contribution in [2.24, 2.45) is 0 Å². The molecule has 0 bridgehead atoms. The van der Waals surface area contributed by atoms with Crippen molar-refractivity contribution in [3.05, 3.63) is 17.9 Å². The number of carbonyl (C=O) groups excluding carboxylic acids is 1. The number of furan rings is 1. The molecule has 1 amide bonds. The van der Waals surface area contributed by atoms with E-state index in [4.69, 9.17) is 9.52 Å². The predicted octanol–water partition coefficient (Wildman–Crippen LogP) is 1.78. The van der Waals surface area contributed by atoms with Gasteiger partial charge in [-0.15, -0.1) is 0 Å². The topological polar surface area (TPSA) is 96.6 Å². The molecular weight excluding hydrogens is 282 g/mol. The molecule has 2 unspecified atom stereocenters. The van der Waals surface area contributed by atoms with Gasteiger partial charge in [-0.1, -0.05) is 19.8 Å². The highest BCUT2D eigenvalue weighted by molar-refractivity contribution is 7.86. The molecule has 1 heterocycles. The van der Waals surface area contributed by atoms with E-state index in [9.17, 15) is 13.8 Å². The van der Waals surface area contributed by atoms with Crippen molar-refractivity contribution in [1.82, 2.24) is 5.32 Å². The molecule has 0 aliphatic rings. The van der Waals surface area contributed by atoms with Gasteiger partial charge >= 0.3 is 5.97 Å². The average Bonchev–Trinajstić information content (AvgIpc) is 2.91. The lowest BCUT2D eigenvalue weighted by molar-refractivity contribution is -0.120. The molecular formula is C13H19NO5S. The summed E-state index contributed by atoms with van der Waals surface area (Å²) < 4.78 is 17.0. The molecule has 6 nitrogen and oxygen atoms in total. The van der Waals surface area contributed by atoms with Gasteiger partial charge in [0.15, 0.2) is 5.09 Å². The van der Waals surface area contributed by atoms with Crippen LogP contribution in [-0.2, 0) is 15.6 Å². The van der Waals surface area contributed by atoms with Gasteiger partial charge in [-0.25, -0.2) is 4.79 Å². The number of rotatable bonds is 8. The van der Waals surface area contributed by atoms with E-state index in [1.807, 2.05) is 0 Å². The SMILES string of the molecule is CCCCCNC(=O)C(C)S(=O)c1ccc(C(=O)O)o1. The lowest BCUT2D eigenvalue weighted by Gasteiger charge is -2.10. The van der Waals surface area contributed by atoms with Crippen LogP contribution in [0.4, 0.5) is 0 Å². The van der Waals surface area contributed by atoms with Gasteiger partial charge in [0.2, 0.25) is 11.7 Å². The molecule has 0 radical (unpaired) electrons. The monoisotopic (exact) mass is 301 g/mol. The molecule has 0 aromatic carbocycles. The number of hydrogen-bond donors (Lipinski definition) is 2. The smallest absolute Gasteiger partial charge is 0.371 e. The van der Waals surface area contributed by atoms with E-state index in [0.717, 1.165) is 19.3 Å². The van der Waals surface area contributed by atoms with E-state index in [-0.39, 0.29) is 16.8 Å². The fourth-order valence-electron chi connectivity index (χ4n) is 1.54. The van der Waals surface area contributed by atoms with E-state index in [1.54, 1.807) is 0 Å². The Bertz CT molecular complexity index is 497. The summed E-state index contributed by atoms with van der Waals surface area (Å²) in [6.45, 7) is 4.14. The summed E-state index contributed by atoms with van der Waals surface area (Å²) >= 11 is 0. The Morgan fingerprint density at radius 2 is 2.10 bits per heavy atom. The van der Waals surface area contributed by atoms with Gasteiger partial charge in [0, 0.05) is 6.54 Å². The second-order valence-corrected chi connectivity index (χ2v) is 6.07. The highest BCUT2D eigenvalue weighted by Crippen LogP contribution is 2.15. The Hall–Kier alpha value is -1.63. The van der Waals surface area contributed by atoms with Crippen LogP contribution in [0.1, 0.15) is 43.7 Å². The molecule has 0 spiro atoms. The number of carbonyl (C=O) groups is 2. The van der Waals surface area contributed by atoms with Gasteiger partial charge in [-0.05, 0) is 25.5 Å². The van der Waals surface area contributed by atoms with Gasteiger partial charge in [-0.2, -0.15) is 0 Å². The molecule has 1 aromatic heterocycles. The van der Waals surface area contributed by atoms with E-state index in [0.29, 0.717) is 6.54 Å². The van der Waals surface area contributed by atoms with Crippen molar-refractivity contribution in [1.29, 1.82) is 0 Å². The first-order valence-corrected chi connectivity index (χ1v) is 7.70. The van der Waals surface area contributed by atoms with E-state index in [1.165, 1.54) is 19.1 Å². The summed E-state index contributed by atoms with van der Waals surface area (Å²) in [4.78, 5) is 22.5. The van der Waals surface area contributed by atoms with Crippen molar-refractivity contribution in [3.63, 3.8) is 0 Å². The molecule has 7 heteroatoms. The van der Waals surface area contributed by atoms with Crippen LogP contribution in [0.5, 0.6) is 0 Å². The number of aromatic carboxylic acids is 1. The fourth-order valence-corrected chi connectivity index (χ4v) is 2.55. The molecule has 0 aliphatic heterocycles. The van der Waals surface area contributed by atoms with Gasteiger partial charge in [0.25, 0.3) is 0 Å². The van der Waals surface area contributed by atoms with Crippen LogP contribution >= 0.6 is 0 Å². The van der Waals surface area contributed by atoms with Gasteiger partial charge in [-0.3, -0.25) is 9.00 Å². The minimum Gasteiger partial charge on any atom is -0.475 e. The standard InChI is InChI=1S/C13H19NO5S/c1-3-4-5-8-14-12(15)9(2)20(18)11-7-6-10(19-11)13(16)17/h6-7,9H,3-5,8H2,1-2H3,(H,14,15)(H,16,17). The lowest BCUT2D eigenvalue weighted by atomic mass is 10.2. The summed E-state index contributed by atoms with van der Waals surface area (Å²) in [6, 6.07) is 2.54. The summed E-state index contributed by atoms with van der Waals surface area (Å²) in [7, 11) is -1.70. The summed E-state index contributed by atoms with van der Waals surface area (Å²) in [5.41, 5.74) is 0. The summed E-state index contributed by atoms with van der Waals surface area (Å²) in [6.07, 6.45) is 2.96. The van der Waals surface area contributed by atoms with Crippen LogP contribution in [-0.4, -0.2) is 33.0 Å². The molecule has 1 rings (SSSR count). The summed E-state index contributed by atoms with van der Waals surface area (Å²) in [5, 5.41) is 10.6. The maximum absolute atomic E-state index is 12.1. The normalized spacial score (nSPS) is 13.7. The van der Waals surface area contributed by atoms with Crippen LogP contribution in [0.15, 0.2) is 21.6 Å². The van der Waals surface area contributed by atoms with Crippen molar-refractivity contribution >= 4 is 22.7 Å². The Kier molecular flexibility index (Phi) is 6.44. The third-order valence-corrected chi connectivity index (χ3v) is 4.23. The number of carboxylic acids is 1. The second-order valence-electron chi connectivity index (χ2n) is 4.36. The second kappa shape index (κ2) is 7.84. The number of hydrogen-bond acceptors (Lipinski definition) is 4. The molecule has 112 valence electrons. The van der Waals surface area contributed by atoms with Crippen LogP contribution < -0.4 is 5.32 Å². The first-order valence-electron chi connectivity index (χ1n) is 6.48. The molecule has 1 aromatic rings. The molecule has 2 atom stereocenters. The Morgan fingerprint density at radius 3 is 2.65 bits per heavy atom. The lowest BCUT2D eigenvalue weighted by Crippen LogP contribution is -2.35. The Balaban J connectivity index is 2.56. The van der Waals surface area contributed by atoms with Gasteiger partial charge in [0.05, 0.1) is 0 Å². The molecule has 20 heavy (non-hydrogen) atoms. The first kappa shape index (κ1) is 16.4. The Labute approximate surface area is 120 Å². The van der Waals surface area contributed by atoms with Crippen molar-refractivity contribution in [2.45, 2.75) is 43.5 Å². The fraction of sp³-hybridized carbons (Fsp3) is 0.538. The number of nitrogens with one attached hydrogen (secondary N) is 1. The quantitative estimate of drug-likeness (QED) is 0.713. The first-order chi connectivity index (χ1) is 9.47. The Morgan fingerprint density at radius 1 is 1.40 bits per heavy atom. The molecule has 2 N–H and O–H groups in total. The minimum absolute atomic E-state index is 0.00129. The van der Waals surface area contributed by atoms with Crippen LogP contribution in [0.25, 0.3) is 0 Å². The summed E-state index contributed by atoms with van der Waals surface area (Å²) in [5.74, 6) is -1.85. The zero-order chi connectivity index (χ0) is 15.1. The molecule has 0 fully saturated rings. The van der Waals surface area contributed by atoms with Crippen molar-refractivity contribution < 1.29 is 23.3 Å². The zero-order valence-corrected chi connectivity index (χ0v) is 12.4. The van der Waals surface area contributed by atoms with Crippen LogP contribution in [0.3, 0.4) is 0 Å². The highest BCUT2D eigenvalue weighted by Gasteiger charge is 2.24. The minimum atomic E-state index is -1.70. The highest BCUT2D eigenvalue weighted by atomic mass is 32.2. The van der Waals surface area contributed by atoms with E-state index >= 15 is 0 Å². The van der Waals surface area contributed by atoms with Crippen LogP contribution in [0, 0.1) is 0 Å². The zero-order valence-electron chi connectivity index (χ0n) is 11.5. The number of unbranched alkanes of at least 4 members (excludes halogenated alkanes) is 2. The number of amides is 1. The van der Waals surface area contributed by atoms with Crippen molar-refractivity contribution in [2.75, 3.05) is 6.54 Å². The third-order valence-electron chi connectivity index (χ3n) is 2.76. The van der Waals surface area contributed by atoms with Gasteiger partial charge in [0.1, 0.15) is 16.0 Å². The van der Waals surface area contributed by atoms with Crippen LogP contribution in [0.2, 0.25) is 0 Å². The molecule has 0 saturated heterocycles. The van der Waals surface area contributed by atoms with Crippen molar-refractivity contribution in [3.8, 4) is 0 Å². The maximum Gasteiger partial charge on any atom is 0.371 e. The third kappa shape index (κ3) is 4.48.